The molecule has 0 saturated carbocycles. The first-order chi connectivity index (χ1) is 5.31. The maximum absolute atomic E-state index is 5.64. The van der Waals surface area contributed by atoms with E-state index < -0.39 is 0 Å². The number of morpholine rings is 1. The van der Waals surface area contributed by atoms with Gasteiger partial charge in [-0.05, 0) is 0 Å². The third-order valence-corrected chi connectivity index (χ3v) is 2.57. The number of rotatable bonds is 1. The van der Waals surface area contributed by atoms with Crippen molar-refractivity contribution in [2.24, 2.45) is 5.41 Å². The minimum Gasteiger partial charge on any atom is -0.380 e. The molecular formula is C8H15NO2. The topological polar surface area (TPSA) is 30.5 Å². The van der Waals surface area contributed by atoms with Gasteiger partial charge in [0.2, 0.25) is 0 Å². The predicted octanol–water partition coefficient (Wildman–Crippen LogP) is 0.0113. The largest absolute Gasteiger partial charge is 0.380 e. The van der Waals surface area contributed by atoms with Crippen LogP contribution in [0, 0.1) is 5.41 Å². The Bertz CT molecular complexity index is 139. The van der Waals surface area contributed by atoms with Crippen molar-refractivity contribution in [3.63, 3.8) is 0 Å². The molecule has 2 saturated heterocycles. The molecule has 2 aliphatic heterocycles. The summed E-state index contributed by atoms with van der Waals surface area (Å²) in [6.07, 6.45) is 0.366. The lowest BCUT2D eigenvalue weighted by Crippen LogP contribution is -2.56. The van der Waals surface area contributed by atoms with Crippen molar-refractivity contribution in [2.45, 2.75) is 13.0 Å². The molecule has 0 amide bonds. The predicted molar refractivity (Wildman–Crippen MR) is 41.5 cm³/mol. The molecule has 0 aromatic rings. The summed E-state index contributed by atoms with van der Waals surface area (Å²) in [6, 6.07) is 0. The Kier molecular flexibility index (Phi) is 1.87. The molecule has 0 radical (unpaired) electrons. The fourth-order valence-corrected chi connectivity index (χ4v) is 1.62. The molecule has 0 spiro atoms. The van der Waals surface area contributed by atoms with E-state index >= 15 is 0 Å². The van der Waals surface area contributed by atoms with Crippen molar-refractivity contribution >= 4 is 0 Å². The average Bonchev–Trinajstić information content (AvgIpc) is 2.02. The monoisotopic (exact) mass is 157 g/mol. The van der Waals surface area contributed by atoms with Gasteiger partial charge in [-0.1, -0.05) is 6.92 Å². The van der Waals surface area contributed by atoms with Gasteiger partial charge in [-0.3, -0.25) is 0 Å². The van der Waals surface area contributed by atoms with E-state index in [-0.39, 0.29) is 5.41 Å². The third-order valence-electron chi connectivity index (χ3n) is 2.57. The summed E-state index contributed by atoms with van der Waals surface area (Å²) in [4.78, 5) is 0. The van der Waals surface area contributed by atoms with Crippen LogP contribution in [0.15, 0.2) is 0 Å². The van der Waals surface area contributed by atoms with Crippen LogP contribution in [0.1, 0.15) is 6.92 Å². The Morgan fingerprint density at radius 3 is 2.73 bits per heavy atom. The Morgan fingerprint density at radius 1 is 1.45 bits per heavy atom. The Balaban J connectivity index is 1.91. The molecule has 2 fully saturated rings. The van der Waals surface area contributed by atoms with E-state index in [1.807, 2.05) is 0 Å². The molecule has 2 rings (SSSR count). The first-order valence-electron chi connectivity index (χ1n) is 4.21. The van der Waals surface area contributed by atoms with Gasteiger partial charge in [-0.15, -0.1) is 0 Å². The molecule has 0 bridgehead atoms. The maximum atomic E-state index is 5.64. The molecule has 0 aromatic carbocycles. The summed E-state index contributed by atoms with van der Waals surface area (Å²) in [5, 5.41) is 3.33. The molecular weight excluding hydrogens is 142 g/mol. The first kappa shape index (κ1) is 7.53. The zero-order chi connectivity index (χ0) is 7.73. The van der Waals surface area contributed by atoms with Gasteiger partial charge in [0.1, 0.15) is 0 Å². The highest BCUT2D eigenvalue weighted by molar-refractivity contribution is 4.91. The average molecular weight is 157 g/mol. The second-order valence-corrected chi connectivity index (χ2v) is 3.71. The Hall–Kier alpha value is -0.120. The number of hydrogen-bond donors (Lipinski definition) is 1. The van der Waals surface area contributed by atoms with Gasteiger partial charge in [0.25, 0.3) is 0 Å². The zero-order valence-corrected chi connectivity index (χ0v) is 6.93. The van der Waals surface area contributed by atoms with Crippen LogP contribution >= 0.6 is 0 Å². The van der Waals surface area contributed by atoms with Gasteiger partial charge in [0, 0.05) is 18.5 Å². The molecule has 1 N–H and O–H groups in total. The molecule has 3 nitrogen and oxygen atoms in total. The van der Waals surface area contributed by atoms with Gasteiger partial charge in [0.15, 0.2) is 0 Å². The number of hydrogen-bond acceptors (Lipinski definition) is 3. The lowest BCUT2D eigenvalue weighted by molar-refractivity contribution is -0.182. The Morgan fingerprint density at radius 2 is 2.27 bits per heavy atom. The molecule has 2 aliphatic rings. The lowest BCUT2D eigenvalue weighted by atomic mass is 9.82. The molecule has 3 heteroatoms. The van der Waals surface area contributed by atoms with Crippen LogP contribution in [-0.2, 0) is 9.47 Å². The molecule has 1 unspecified atom stereocenters. The lowest BCUT2D eigenvalue weighted by Gasteiger charge is -2.45. The van der Waals surface area contributed by atoms with Gasteiger partial charge >= 0.3 is 0 Å². The van der Waals surface area contributed by atoms with Gasteiger partial charge in [-0.25, -0.2) is 0 Å². The standard InChI is InChI=1S/C8H15NO2/c1-8(5-10-6-8)7-4-9-2-3-11-7/h7,9H,2-6H2,1H3. The van der Waals surface area contributed by atoms with Crippen LogP contribution < -0.4 is 5.32 Å². The first-order valence-corrected chi connectivity index (χ1v) is 4.21. The van der Waals surface area contributed by atoms with Crippen molar-refractivity contribution in [1.82, 2.24) is 5.32 Å². The fraction of sp³-hybridized carbons (Fsp3) is 1.00. The minimum atomic E-state index is 0.285. The highest BCUT2D eigenvalue weighted by Gasteiger charge is 2.42. The minimum absolute atomic E-state index is 0.285. The normalized spacial score (nSPS) is 36.3. The van der Waals surface area contributed by atoms with Crippen LogP contribution in [0.3, 0.4) is 0 Å². The van der Waals surface area contributed by atoms with Crippen molar-refractivity contribution in [3.05, 3.63) is 0 Å². The van der Waals surface area contributed by atoms with E-state index in [0.717, 1.165) is 32.9 Å². The molecule has 64 valence electrons. The van der Waals surface area contributed by atoms with Crippen molar-refractivity contribution in [2.75, 3.05) is 32.9 Å². The van der Waals surface area contributed by atoms with Crippen molar-refractivity contribution < 1.29 is 9.47 Å². The zero-order valence-electron chi connectivity index (χ0n) is 6.93. The molecule has 11 heavy (non-hydrogen) atoms. The summed E-state index contributed by atoms with van der Waals surface area (Å²) in [7, 11) is 0. The summed E-state index contributed by atoms with van der Waals surface area (Å²) in [5.41, 5.74) is 0.285. The number of nitrogens with one attached hydrogen (secondary N) is 1. The van der Waals surface area contributed by atoms with E-state index in [0.29, 0.717) is 6.10 Å². The van der Waals surface area contributed by atoms with E-state index in [1.54, 1.807) is 0 Å². The SMILES string of the molecule is CC1(C2CNCCO2)COC1. The van der Waals surface area contributed by atoms with E-state index in [1.165, 1.54) is 0 Å². The second-order valence-electron chi connectivity index (χ2n) is 3.71. The van der Waals surface area contributed by atoms with E-state index in [4.69, 9.17) is 9.47 Å². The highest BCUT2D eigenvalue weighted by Crippen LogP contribution is 2.32. The molecule has 2 heterocycles. The van der Waals surface area contributed by atoms with Crippen molar-refractivity contribution in [3.8, 4) is 0 Å². The summed E-state index contributed by atoms with van der Waals surface area (Å²) in [6.45, 7) is 6.78. The molecule has 1 atom stereocenters. The van der Waals surface area contributed by atoms with Crippen LogP contribution in [0.2, 0.25) is 0 Å². The Labute approximate surface area is 67.1 Å². The van der Waals surface area contributed by atoms with Gasteiger partial charge in [-0.2, -0.15) is 0 Å². The third kappa shape index (κ3) is 1.28. The quantitative estimate of drug-likeness (QED) is 0.581. The second kappa shape index (κ2) is 2.73. The number of ether oxygens (including phenoxy) is 2. The molecule has 0 aliphatic carbocycles. The van der Waals surface area contributed by atoms with E-state index in [9.17, 15) is 0 Å². The van der Waals surface area contributed by atoms with Crippen molar-refractivity contribution in [1.29, 1.82) is 0 Å². The van der Waals surface area contributed by atoms with Gasteiger partial charge < -0.3 is 14.8 Å². The highest BCUT2D eigenvalue weighted by atomic mass is 16.5. The summed E-state index contributed by atoms with van der Waals surface area (Å²) < 4.78 is 10.8. The smallest absolute Gasteiger partial charge is 0.0797 e. The van der Waals surface area contributed by atoms with E-state index in [2.05, 4.69) is 12.2 Å². The van der Waals surface area contributed by atoms with Crippen LogP contribution in [0.4, 0.5) is 0 Å². The van der Waals surface area contributed by atoms with Crippen LogP contribution in [0.25, 0.3) is 0 Å². The van der Waals surface area contributed by atoms with Crippen LogP contribution in [0.5, 0.6) is 0 Å². The summed E-state index contributed by atoms with van der Waals surface area (Å²) in [5.74, 6) is 0. The van der Waals surface area contributed by atoms with Crippen LogP contribution in [-0.4, -0.2) is 39.0 Å². The maximum Gasteiger partial charge on any atom is 0.0797 e. The molecule has 0 aromatic heterocycles. The fourth-order valence-electron chi connectivity index (χ4n) is 1.62. The van der Waals surface area contributed by atoms with Gasteiger partial charge in [0.05, 0.1) is 25.9 Å². The summed E-state index contributed by atoms with van der Waals surface area (Å²) >= 11 is 0.